The van der Waals surface area contributed by atoms with Crippen molar-refractivity contribution >= 4 is 17.8 Å². The summed E-state index contributed by atoms with van der Waals surface area (Å²) in [7, 11) is 0. The predicted octanol–water partition coefficient (Wildman–Crippen LogP) is 2.28. The molecule has 0 aromatic rings. The maximum absolute atomic E-state index is 13.3. The average Bonchev–Trinajstić information content (AvgIpc) is 3.12. The van der Waals surface area contributed by atoms with Gasteiger partial charge in [-0.05, 0) is 24.7 Å². The van der Waals surface area contributed by atoms with Crippen molar-refractivity contribution in [3.8, 4) is 0 Å². The molecule has 6 nitrogen and oxygen atoms in total. The van der Waals surface area contributed by atoms with Gasteiger partial charge in [-0.2, -0.15) is 13.2 Å². The maximum atomic E-state index is 13.3. The van der Waals surface area contributed by atoms with Crippen molar-refractivity contribution in [3.05, 3.63) is 0 Å². The molecule has 148 valence electrons. The topological polar surface area (TPSA) is 77.9 Å². The molecule has 0 radical (unpaired) electrons. The summed E-state index contributed by atoms with van der Waals surface area (Å²) < 4.78 is 39.9. The first-order valence-electron chi connectivity index (χ1n) is 8.67. The minimum atomic E-state index is -4.94. The number of hydrogen-bond acceptors (Lipinski definition) is 3. The van der Waals surface area contributed by atoms with Crippen LogP contribution < -0.4 is 0 Å². The van der Waals surface area contributed by atoms with Crippen molar-refractivity contribution in [1.82, 2.24) is 9.80 Å². The molecule has 0 aromatic heterocycles. The summed E-state index contributed by atoms with van der Waals surface area (Å²) in [6.45, 7) is 4.89. The molecule has 0 saturated carbocycles. The number of halogens is 3. The number of carboxylic acids is 1. The number of aliphatic carboxylic acids is 1. The first kappa shape index (κ1) is 20.5. The van der Waals surface area contributed by atoms with Crippen LogP contribution in [0.1, 0.15) is 46.5 Å². The van der Waals surface area contributed by atoms with Gasteiger partial charge in [0.25, 0.3) is 0 Å². The number of carbonyl (C=O) groups excluding carboxylic acids is 2. The van der Waals surface area contributed by atoms with E-state index in [-0.39, 0.29) is 24.3 Å². The summed E-state index contributed by atoms with van der Waals surface area (Å²) in [6, 6.07) is -0.803. The van der Waals surface area contributed by atoms with E-state index in [0.29, 0.717) is 19.4 Å². The first-order chi connectivity index (χ1) is 11.8. The van der Waals surface area contributed by atoms with Gasteiger partial charge in [-0.25, -0.2) is 0 Å². The van der Waals surface area contributed by atoms with Crippen LogP contribution in [0.5, 0.6) is 0 Å². The third-order valence-corrected chi connectivity index (χ3v) is 5.07. The number of likely N-dealkylation sites (tertiary alicyclic amines) is 2. The van der Waals surface area contributed by atoms with E-state index in [2.05, 4.69) is 0 Å². The van der Waals surface area contributed by atoms with E-state index in [1.807, 2.05) is 20.8 Å². The zero-order chi connectivity index (χ0) is 19.9. The van der Waals surface area contributed by atoms with E-state index in [9.17, 15) is 27.6 Å². The second-order valence-electron chi connectivity index (χ2n) is 8.38. The zero-order valence-corrected chi connectivity index (χ0v) is 15.2. The smallest absolute Gasteiger partial charge is 0.406 e. The number of amides is 2. The molecule has 2 saturated heterocycles. The summed E-state index contributed by atoms with van der Waals surface area (Å²) in [4.78, 5) is 38.9. The SMILES string of the molecule is CC(C)(C)CC(=O)N1CCCC1C(=O)N1CCC(C(=O)O)(C(F)(F)F)C1. The summed E-state index contributed by atoms with van der Waals surface area (Å²) in [5.41, 5.74) is -3.20. The Morgan fingerprint density at radius 2 is 1.77 bits per heavy atom. The van der Waals surface area contributed by atoms with Crippen molar-refractivity contribution in [3.63, 3.8) is 0 Å². The Balaban J connectivity index is 2.14. The molecule has 2 aliphatic heterocycles. The third-order valence-electron chi connectivity index (χ3n) is 5.07. The van der Waals surface area contributed by atoms with E-state index < -0.39 is 42.5 Å². The highest BCUT2D eigenvalue weighted by molar-refractivity contribution is 5.89. The van der Waals surface area contributed by atoms with Gasteiger partial charge in [0, 0.05) is 26.1 Å². The third kappa shape index (κ3) is 3.81. The lowest BCUT2D eigenvalue weighted by molar-refractivity contribution is -0.227. The predicted molar refractivity (Wildman–Crippen MR) is 86.1 cm³/mol. The molecule has 2 rings (SSSR count). The van der Waals surface area contributed by atoms with Crippen molar-refractivity contribution in [2.45, 2.75) is 58.7 Å². The van der Waals surface area contributed by atoms with Gasteiger partial charge >= 0.3 is 12.1 Å². The van der Waals surface area contributed by atoms with Gasteiger partial charge in [0.1, 0.15) is 6.04 Å². The summed E-state index contributed by atoms with van der Waals surface area (Å²) in [5.74, 6) is -2.75. The second kappa shape index (κ2) is 6.74. The van der Waals surface area contributed by atoms with E-state index in [1.165, 1.54) is 4.90 Å². The molecule has 0 spiro atoms. The molecule has 1 N–H and O–H groups in total. The fraction of sp³-hybridized carbons (Fsp3) is 0.824. The van der Waals surface area contributed by atoms with Crippen LogP contribution in [0.15, 0.2) is 0 Å². The molecule has 2 fully saturated rings. The van der Waals surface area contributed by atoms with Crippen LogP contribution in [-0.2, 0) is 14.4 Å². The zero-order valence-electron chi connectivity index (χ0n) is 15.2. The van der Waals surface area contributed by atoms with Gasteiger partial charge in [-0.1, -0.05) is 20.8 Å². The Kier molecular flexibility index (Phi) is 5.31. The van der Waals surface area contributed by atoms with Crippen molar-refractivity contribution in [2.24, 2.45) is 10.8 Å². The van der Waals surface area contributed by atoms with Crippen LogP contribution in [0, 0.1) is 10.8 Å². The number of rotatable bonds is 3. The Morgan fingerprint density at radius 1 is 1.15 bits per heavy atom. The number of nitrogens with zero attached hydrogens (tertiary/aromatic N) is 2. The molecule has 2 heterocycles. The van der Waals surface area contributed by atoms with Gasteiger partial charge < -0.3 is 14.9 Å². The lowest BCUT2D eigenvalue weighted by Gasteiger charge is -2.31. The number of hydrogen-bond donors (Lipinski definition) is 1. The summed E-state index contributed by atoms with van der Waals surface area (Å²) >= 11 is 0. The van der Waals surface area contributed by atoms with Gasteiger partial charge in [0.15, 0.2) is 5.41 Å². The van der Waals surface area contributed by atoms with E-state index in [4.69, 9.17) is 5.11 Å². The maximum Gasteiger partial charge on any atom is 0.406 e. The molecule has 9 heteroatoms. The number of carboxylic acid groups (broad SMARTS) is 1. The standard InChI is InChI=1S/C17H25F3N2O4/c1-15(2,3)9-12(23)22-7-4-5-11(22)13(24)21-8-6-16(10-21,14(25)26)17(18,19)20/h11H,4-10H2,1-3H3,(H,25,26). The van der Waals surface area contributed by atoms with Crippen molar-refractivity contribution in [2.75, 3.05) is 19.6 Å². The lowest BCUT2D eigenvalue weighted by Crippen LogP contribution is -2.51. The van der Waals surface area contributed by atoms with Crippen LogP contribution in [0.25, 0.3) is 0 Å². The molecule has 2 unspecified atom stereocenters. The summed E-state index contributed by atoms with van der Waals surface area (Å²) in [5, 5.41) is 9.11. The highest BCUT2D eigenvalue weighted by atomic mass is 19.4. The van der Waals surface area contributed by atoms with Crippen LogP contribution in [0.4, 0.5) is 13.2 Å². The first-order valence-corrected chi connectivity index (χ1v) is 8.67. The van der Waals surface area contributed by atoms with Crippen molar-refractivity contribution < 1.29 is 32.7 Å². The second-order valence-corrected chi connectivity index (χ2v) is 8.38. The van der Waals surface area contributed by atoms with Crippen LogP contribution in [0.2, 0.25) is 0 Å². The average molecular weight is 378 g/mol. The van der Waals surface area contributed by atoms with Crippen LogP contribution in [0.3, 0.4) is 0 Å². The molecule has 0 aliphatic carbocycles. The largest absolute Gasteiger partial charge is 0.481 e. The minimum absolute atomic E-state index is 0.201. The minimum Gasteiger partial charge on any atom is -0.481 e. The fourth-order valence-corrected chi connectivity index (χ4v) is 3.61. The monoisotopic (exact) mass is 378 g/mol. The molecule has 2 atom stereocenters. The Labute approximate surface area is 150 Å². The van der Waals surface area contributed by atoms with E-state index >= 15 is 0 Å². The molecule has 26 heavy (non-hydrogen) atoms. The quantitative estimate of drug-likeness (QED) is 0.817. The molecular formula is C17H25F3N2O4. The van der Waals surface area contributed by atoms with Gasteiger partial charge in [-0.3, -0.25) is 14.4 Å². The highest BCUT2D eigenvalue weighted by Crippen LogP contribution is 2.46. The Bertz CT molecular complexity index is 600. The van der Waals surface area contributed by atoms with E-state index in [0.717, 1.165) is 4.90 Å². The van der Waals surface area contributed by atoms with Gasteiger partial charge in [0.05, 0.1) is 0 Å². The van der Waals surface area contributed by atoms with Crippen molar-refractivity contribution in [1.29, 1.82) is 0 Å². The summed E-state index contributed by atoms with van der Waals surface area (Å²) in [6.07, 6.45) is -4.38. The van der Waals surface area contributed by atoms with Crippen LogP contribution in [-0.4, -0.2) is 64.5 Å². The highest BCUT2D eigenvalue weighted by Gasteiger charge is 2.64. The molecule has 2 aliphatic rings. The fourth-order valence-electron chi connectivity index (χ4n) is 3.61. The van der Waals surface area contributed by atoms with Gasteiger partial charge in [0.2, 0.25) is 11.8 Å². The van der Waals surface area contributed by atoms with Crippen LogP contribution >= 0.6 is 0 Å². The molecular weight excluding hydrogens is 353 g/mol. The Hall–Kier alpha value is -1.80. The normalized spacial score (nSPS) is 27.1. The Morgan fingerprint density at radius 3 is 2.23 bits per heavy atom. The molecule has 0 bridgehead atoms. The van der Waals surface area contributed by atoms with Gasteiger partial charge in [-0.15, -0.1) is 0 Å². The molecule has 2 amide bonds. The lowest BCUT2D eigenvalue weighted by atomic mass is 9.86. The number of alkyl halides is 3. The van der Waals surface area contributed by atoms with E-state index in [1.54, 1.807) is 0 Å². The molecule has 0 aromatic carbocycles. The number of carbonyl (C=O) groups is 3.